The Morgan fingerprint density at radius 3 is 1.96 bits per heavy atom. The Balaban J connectivity index is 4.52. The summed E-state index contributed by atoms with van der Waals surface area (Å²) in [5.74, 6) is 0. The number of nitrogens with zero attached hydrogens (tertiary/aromatic N) is 1. The molecule has 0 heterocycles. The van der Waals surface area contributed by atoms with Crippen molar-refractivity contribution in [3.8, 4) is 0 Å². The van der Waals surface area contributed by atoms with Crippen molar-refractivity contribution in [1.82, 2.24) is 4.57 Å². The number of unbranched alkanes of at least 4 members (excludes halogenated alkanes) is 1. The molecule has 144 valence electrons. The van der Waals surface area contributed by atoms with Gasteiger partial charge in [0.25, 0.3) is 0 Å². The molecule has 0 aliphatic heterocycles. The molecule has 24 heavy (non-hydrogen) atoms. The van der Waals surface area contributed by atoms with Crippen LogP contribution in [0.3, 0.4) is 0 Å². The van der Waals surface area contributed by atoms with Crippen LogP contribution in [0.2, 0.25) is 58.4 Å². The van der Waals surface area contributed by atoms with Crippen LogP contribution in [0.15, 0.2) is 0 Å². The molecule has 1 unspecified atom stereocenters. The van der Waals surface area contributed by atoms with Gasteiger partial charge in [0.2, 0.25) is 8.32 Å². The summed E-state index contributed by atoms with van der Waals surface area (Å²) in [6.45, 7) is 22.6. The van der Waals surface area contributed by atoms with Gasteiger partial charge in [0.05, 0.1) is 0 Å². The van der Waals surface area contributed by atoms with Crippen LogP contribution >= 0.6 is 0 Å². The van der Waals surface area contributed by atoms with E-state index in [0.717, 1.165) is 31.9 Å². The van der Waals surface area contributed by atoms with Gasteiger partial charge in [-0.3, -0.25) is 0 Å². The summed E-state index contributed by atoms with van der Waals surface area (Å²) in [5.41, 5.74) is 0. The second-order valence-electron chi connectivity index (χ2n) is 9.36. The quantitative estimate of drug-likeness (QED) is 0.344. The number of carbonyl (C=O) groups excluding carboxylic acids is 1. The molecule has 1 atom stereocenters. The highest BCUT2D eigenvalue weighted by Crippen LogP contribution is 2.20. The van der Waals surface area contributed by atoms with E-state index in [-0.39, 0.29) is 6.09 Å². The molecule has 0 spiro atoms. The third-order valence-corrected chi connectivity index (χ3v) is 9.34. The first-order valence-electron chi connectivity index (χ1n) is 9.36. The Kier molecular flexibility index (Phi) is 9.50. The van der Waals surface area contributed by atoms with Gasteiger partial charge < -0.3 is 13.4 Å². The van der Waals surface area contributed by atoms with Gasteiger partial charge in [-0.05, 0) is 58.5 Å². The molecule has 0 saturated heterocycles. The first-order valence-corrected chi connectivity index (χ1v) is 19.3. The van der Waals surface area contributed by atoms with E-state index >= 15 is 0 Å². The normalized spacial score (nSPS) is 14.4. The summed E-state index contributed by atoms with van der Waals surface area (Å²) >= 11 is 0. The van der Waals surface area contributed by atoms with Gasteiger partial charge in [0.15, 0.2) is 16.6 Å². The fourth-order valence-corrected chi connectivity index (χ4v) is 7.15. The first-order chi connectivity index (χ1) is 10.7. The monoisotopic (exact) mass is 391 g/mol. The third-order valence-electron chi connectivity index (χ3n) is 3.93. The molecule has 0 aromatic heterocycles. The Hall–Kier alpha value is -0.119. The van der Waals surface area contributed by atoms with Crippen LogP contribution in [0.1, 0.15) is 33.1 Å². The maximum atomic E-state index is 12.5. The summed E-state index contributed by atoms with van der Waals surface area (Å²) in [4.78, 5) is 12.5. The number of rotatable bonds is 10. The fourth-order valence-electron chi connectivity index (χ4n) is 2.53. The van der Waals surface area contributed by atoms with Crippen molar-refractivity contribution in [2.24, 2.45) is 0 Å². The lowest BCUT2D eigenvalue weighted by atomic mass is 10.3. The van der Waals surface area contributed by atoms with E-state index in [9.17, 15) is 4.79 Å². The zero-order valence-corrected chi connectivity index (χ0v) is 20.8. The zero-order valence-electron chi connectivity index (χ0n) is 17.8. The van der Waals surface area contributed by atoms with E-state index in [1.165, 1.54) is 0 Å². The summed E-state index contributed by atoms with van der Waals surface area (Å²) in [5, 5.41) is 0. The number of hydrogen-bond donors (Lipinski definition) is 0. The highest BCUT2D eigenvalue weighted by molar-refractivity contribution is 6.76. The van der Waals surface area contributed by atoms with Crippen molar-refractivity contribution >= 4 is 31.0 Å². The Morgan fingerprint density at radius 1 is 1.00 bits per heavy atom. The van der Waals surface area contributed by atoms with Crippen LogP contribution in [0.25, 0.3) is 0 Å². The maximum absolute atomic E-state index is 12.5. The predicted molar refractivity (Wildman–Crippen MR) is 112 cm³/mol. The second kappa shape index (κ2) is 9.54. The molecule has 0 fully saturated rings. The van der Waals surface area contributed by atoms with Gasteiger partial charge in [0.1, 0.15) is 0 Å². The van der Waals surface area contributed by atoms with Gasteiger partial charge in [-0.25, -0.2) is 4.79 Å². The van der Waals surface area contributed by atoms with Crippen molar-refractivity contribution in [3.63, 3.8) is 0 Å². The lowest BCUT2D eigenvalue weighted by Crippen LogP contribution is -2.52. The molecule has 0 saturated carbocycles. The zero-order chi connectivity index (χ0) is 19.2. The largest absolute Gasteiger partial charge is 0.505 e. The minimum absolute atomic E-state index is 0.0966. The van der Waals surface area contributed by atoms with Gasteiger partial charge in [-0.2, -0.15) is 0 Å². The van der Waals surface area contributed by atoms with E-state index < -0.39 is 24.9 Å². The molecule has 0 aromatic rings. The maximum Gasteiger partial charge on any atom is 0.388 e. The highest BCUT2D eigenvalue weighted by Gasteiger charge is 2.32. The molecule has 0 aliphatic carbocycles. The van der Waals surface area contributed by atoms with Crippen LogP contribution in [-0.2, 0) is 8.85 Å². The number of amides is 1. The van der Waals surface area contributed by atoms with Crippen molar-refractivity contribution in [2.45, 2.75) is 97.6 Å². The molecule has 4 nitrogen and oxygen atoms in total. The number of hydrogen-bond acceptors (Lipinski definition) is 3. The van der Waals surface area contributed by atoms with Gasteiger partial charge in [-0.1, -0.05) is 33.0 Å². The van der Waals surface area contributed by atoms with E-state index in [2.05, 4.69) is 66.2 Å². The molecule has 0 radical (unpaired) electrons. The third kappa shape index (κ3) is 10.7. The summed E-state index contributed by atoms with van der Waals surface area (Å²) in [6, 6.07) is 1.15. The van der Waals surface area contributed by atoms with Gasteiger partial charge in [-0.15, -0.1) is 0 Å². The Bertz CT molecular complexity index is 390. The molecule has 0 aromatic carbocycles. The molecule has 0 bridgehead atoms. The lowest BCUT2D eigenvalue weighted by Gasteiger charge is -2.36. The second-order valence-corrected chi connectivity index (χ2v) is 22.9. The molecule has 7 heteroatoms. The Morgan fingerprint density at radius 2 is 1.54 bits per heavy atom. The molecular weight excluding hydrogens is 350 g/mol. The fraction of sp³-hybridized carbons (Fsp3) is 0.941. The Labute approximate surface area is 153 Å². The smallest absolute Gasteiger partial charge is 0.388 e. The first kappa shape index (κ1) is 23.9. The van der Waals surface area contributed by atoms with Crippen molar-refractivity contribution in [2.75, 3.05) is 6.54 Å². The molecule has 0 N–H and O–H groups in total. The van der Waals surface area contributed by atoms with E-state index in [4.69, 9.17) is 8.85 Å². The summed E-state index contributed by atoms with van der Waals surface area (Å²) in [7, 11) is -5.15. The van der Waals surface area contributed by atoms with Gasteiger partial charge in [0, 0.05) is 12.6 Å². The van der Waals surface area contributed by atoms with Crippen LogP contribution in [0.4, 0.5) is 4.79 Å². The van der Waals surface area contributed by atoms with Crippen LogP contribution in [0, 0.1) is 0 Å². The number of carbonyl (C=O) groups is 1. The van der Waals surface area contributed by atoms with Crippen LogP contribution in [0.5, 0.6) is 0 Å². The molecule has 0 aliphatic rings. The van der Waals surface area contributed by atoms with Crippen molar-refractivity contribution < 1.29 is 13.6 Å². The highest BCUT2D eigenvalue weighted by atomic mass is 28.4. The average molecular weight is 392 g/mol. The van der Waals surface area contributed by atoms with Crippen molar-refractivity contribution in [1.29, 1.82) is 0 Å². The molecule has 0 rings (SSSR count). The standard InChI is InChI=1S/C17H41NO3Si3/c1-11-16(2)20-24(9,10)15-13-12-14-18(22(3,4)5)17(19)21-23(6,7)8/h16H,11-15H2,1-10H3. The summed E-state index contributed by atoms with van der Waals surface area (Å²) < 4.78 is 14.0. The lowest BCUT2D eigenvalue weighted by molar-refractivity contribution is 0.174. The van der Waals surface area contributed by atoms with Crippen LogP contribution in [-0.4, -0.2) is 48.2 Å². The predicted octanol–water partition coefficient (Wildman–Crippen LogP) is 5.90. The summed E-state index contributed by atoms with van der Waals surface area (Å²) in [6.07, 6.45) is 3.49. The SMILES string of the molecule is CCC(C)O[Si](C)(C)CCCCN(C(=O)O[Si](C)(C)C)[Si](C)(C)C. The minimum Gasteiger partial charge on any atom is -0.505 e. The van der Waals surface area contributed by atoms with E-state index in [0.29, 0.717) is 6.10 Å². The van der Waals surface area contributed by atoms with Crippen LogP contribution < -0.4 is 0 Å². The molecular formula is C17H41NO3Si3. The minimum atomic E-state index is -1.84. The van der Waals surface area contributed by atoms with E-state index in [1.807, 2.05) is 4.57 Å². The van der Waals surface area contributed by atoms with E-state index in [1.54, 1.807) is 0 Å². The molecule has 1 amide bonds. The average Bonchev–Trinajstić information content (AvgIpc) is 2.33. The van der Waals surface area contributed by atoms with Crippen molar-refractivity contribution in [3.05, 3.63) is 0 Å². The van der Waals surface area contributed by atoms with Gasteiger partial charge >= 0.3 is 6.09 Å². The topological polar surface area (TPSA) is 38.8 Å².